The first-order valence-corrected chi connectivity index (χ1v) is 7.20. The fraction of sp³-hybridized carbons (Fsp3) is 0.562. The van der Waals surface area contributed by atoms with Gasteiger partial charge in [-0.2, -0.15) is 0 Å². The third-order valence-electron chi connectivity index (χ3n) is 4.32. The van der Waals surface area contributed by atoms with E-state index < -0.39 is 0 Å². The van der Waals surface area contributed by atoms with Crippen LogP contribution < -0.4 is 5.73 Å². The number of guanidine groups is 1. The van der Waals surface area contributed by atoms with E-state index in [1.165, 1.54) is 35.1 Å². The van der Waals surface area contributed by atoms with Crippen LogP contribution in [0.15, 0.2) is 17.1 Å². The Balaban J connectivity index is 1.92. The standard InChI is InChI=1S/C16H23N3/c1-10-6-11(2)15(12(3)7-10)14-8-18-16(17)19(14)9-13-4-5-13/h6-7,13-14H,4-5,8-9H2,1-3H3,(H2,17,18). The van der Waals surface area contributed by atoms with Gasteiger partial charge < -0.3 is 10.6 Å². The fourth-order valence-corrected chi connectivity index (χ4v) is 3.29. The van der Waals surface area contributed by atoms with E-state index in [0.717, 1.165) is 25.0 Å². The largest absolute Gasteiger partial charge is 0.370 e. The molecule has 1 heterocycles. The highest BCUT2D eigenvalue weighted by molar-refractivity contribution is 5.80. The lowest BCUT2D eigenvalue weighted by atomic mass is 9.93. The predicted molar refractivity (Wildman–Crippen MR) is 79.3 cm³/mol. The molecule has 2 N–H and O–H groups in total. The molecule has 0 amide bonds. The molecule has 0 spiro atoms. The number of nitrogens with two attached hydrogens (primary N) is 1. The zero-order valence-electron chi connectivity index (χ0n) is 12.1. The predicted octanol–water partition coefficient (Wildman–Crippen LogP) is 2.69. The highest BCUT2D eigenvalue weighted by Gasteiger charge is 2.34. The van der Waals surface area contributed by atoms with Crippen LogP contribution in [0.3, 0.4) is 0 Å². The molecule has 3 nitrogen and oxygen atoms in total. The van der Waals surface area contributed by atoms with Gasteiger partial charge >= 0.3 is 0 Å². The maximum Gasteiger partial charge on any atom is 0.191 e. The minimum atomic E-state index is 0.348. The Labute approximate surface area is 115 Å². The molecular formula is C16H23N3. The van der Waals surface area contributed by atoms with Crippen LogP contribution >= 0.6 is 0 Å². The molecule has 0 saturated heterocycles. The van der Waals surface area contributed by atoms with Gasteiger partial charge in [0.15, 0.2) is 5.96 Å². The van der Waals surface area contributed by atoms with Gasteiger partial charge in [-0.15, -0.1) is 0 Å². The third kappa shape index (κ3) is 2.34. The Hall–Kier alpha value is -1.51. The van der Waals surface area contributed by atoms with Crippen molar-refractivity contribution >= 4 is 5.96 Å². The summed E-state index contributed by atoms with van der Waals surface area (Å²) >= 11 is 0. The quantitative estimate of drug-likeness (QED) is 0.904. The first kappa shape index (κ1) is 12.5. The summed E-state index contributed by atoms with van der Waals surface area (Å²) in [6.07, 6.45) is 2.70. The van der Waals surface area contributed by atoms with Crippen molar-refractivity contribution < 1.29 is 0 Å². The Morgan fingerprint density at radius 3 is 2.42 bits per heavy atom. The Kier molecular flexibility index (Phi) is 3.00. The molecule has 0 bridgehead atoms. The number of hydrogen-bond donors (Lipinski definition) is 1. The number of aliphatic imine (C=N–C) groups is 1. The lowest BCUT2D eigenvalue weighted by molar-refractivity contribution is 0.332. The van der Waals surface area contributed by atoms with Crippen LogP contribution in [-0.4, -0.2) is 23.9 Å². The molecule has 19 heavy (non-hydrogen) atoms. The molecule has 1 aliphatic heterocycles. The van der Waals surface area contributed by atoms with Gasteiger partial charge in [0.05, 0.1) is 12.6 Å². The summed E-state index contributed by atoms with van der Waals surface area (Å²) in [6.45, 7) is 8.46. The number of rotatable bonds is 3. The molecule has 1 aromatic carbocycles. The average molecular weight is 257 g/mol. The second-order valence-corrected chi connectivity index (χ2v) is 6.12. The number of nitrogens with zero attached hydrogens (tertiary/aromatic N) is 2. The molecule has 1 unspecified atom stereocenters. The summed E-state index contributed by atoms with van der Waals surface area (Å²) in [4.78, 5) is 6.80. The lowest BCUT2D eigenvalue weighted by Crippen LogP contribution is -2.38. The van der Waals surface area contributed by atoms with Crippen molar-refractivity contribution in [2.24, 2.45) is 16.6 Å². The van der Waals surface area contributed by atoms with Gasteiger partial charge in [-0.25, -0.2) is 0 Å². The second-order valence-electron chi connectivity index (χ2n) is 6.12. The van der Waals surface area contributed by atoms with E-state index in [-0.39, 0.29) is 0 Å². The highest BCUT2D eigenvalue weighted by atomic mass is 15.3. The number of aryl methyl sites for hydroxylation is 3. The molecule has 1 aliphatic carbocycles. The van der Waals surface area contributed by atoms with Gasteiger partial charge in [-0.3, -0.25) is 4.99 Å². The van der Waals surface area contributed by atoms with Crippen molar-refractivity contribution in [3.8, 4) is 0 Å². The molecule has 1 saturated carbocycles. The maximum absolute atomic E-state index is 6.09. The van der Waals surface area contributed by atoms with E-state index in [9.17, 15) is 0 Å². The summed E-state index contributed by atoms with van der Waals surface area (Å²) in [5, 5.41) is 0. The molecule has 3 heteroatoms. The summed E-state index contributed by atoms with van der Waals surface area (Å²) in [5.74, 6) is 1.57. The van der Waals surface area contributed by atoms with Crippen LogP contribution in [-0.2, 0) is 0 Å². The van der Waals surface area contributed by atoms with E-state index in [1.54, 1.807) is 0 Å². The minimum Gasteiger partial charge on any atom is -0.370 e. The summed E-state index contributed by atoms with van der Waals surface area (Å²) < 4.78 is 0. The van der Waals surface area contributed by atoms with Gasteiger partial charge in [0, 0.05) is 6.54 Å². The molecule has 0 aromatic heterocycles. The van der Waals surface area contributed by atoms with Crippen molar-refractivity contribution in [2.75, 3.05) is 13.1 Å². The maximum atomic E-state index is 6.09. The van der Waals surface area contributed by atoms with Gasteiger partial charge in [0.2, 0.25) is 0 Å². The zero-order chi connectivity index (χ0) is 13.6. The molecular weight excluding hydrogens is 234 g/mol. The SMILES string of the molecule is Cc1cc(C)c(C2CN=C(N)N2CC2CC2)c(C)c1. The number of benzene rings is 1. The van der Waals surface area contributed by atoms with Gasteiger partial charge in [0.1, 0.15) is 0 Å². The molecule has 102 valence electrons. The van der Waals surface area contributed by atoms with Crippen LogP contribution in [0.25, 0.3) is 0 Å². The van der Waals surface area contributed by atoms with E-state index >= 15 is 0 Å². The lowest BCUT2D eigenvalue weighted by Gasteiger charge is -2.29. The first-order chi connectivity index (χ1) is 9.06. The van der Waals surface area contributed by atoms with E-state index in [2.05, 4.69) is 42.8 Å². The Morgan fingerprint density at radius 1 is 1.21 bits per heavy atom. The Bertz CT molecular complexity index is 506. The minimum absolute atomic E-state index is 0.348. The summed E-state index contributed by atoms with van der Waals surface area (Å²) in [6, 6.07) is 4.89. The van der Waals surface area contributed by atoms with Crippen LogP contribution in [0.4, 0.5) is 0 Å². The van der Waals surface area contributed by atoms with E-state index in [1.807, 2.05) is 0 Å². The van der Waals surface area contributed by atoms with Crippen LogP contribution in [0.2, 0.25) is 0 Å². The smallest absolute Gasteiger partial charge is 0.191 e. The molecule has 1 fully saturated rings. The van der Waals surface area contributed by atoms with Crippen molar-refractivity contribution in [3.05, 3.63) is 34.4 Å². The molecule has 1 atom stereocenters. The Morgan fingerprint density at radius 2 is 1.84 bits per heavy atom. The van der Waals surface area contributed by atoms with E-state index in [0.29, 0.717) is 6.04 Å². The second kappa shape index (κ2) is 4.55. The number of hydrogen-bond acceptors (Lipinski definition) is 3. The molecule has 2 aliphatic rings. The van der Waals surface area contributed by atoms with Gasteiger partial charge in [-0.05, 0) is 56.2 Å². The summed E-state index contributed by atoms with van der Waals surface area (Å²) in [5.41, 5.74) is 11.6. The van der Waals surface area contributed by atoms with Crippen molar-refractivity contribution in [3.63, 3.8) is 0 Å². The van der Waals surface area contributed by atoms with E-state index in [4.69, 9.17) is 5.73 Å². The van der Waals surface area contributed by atoms with Crippen molar-refractivity contribution in [1.82, 2.24) is 4.90 Å². The fourth-order valence-electron chi connectivity index (χ4n) is 3.29. The highest BCUT2D eigenvalue weighted by Crippen LogP contribution is 2.36. The van der Waals surface area contributed by atoms with Crippen LogP contribution in [0.5, 0.6) is 0 Å². The molecule has 0 radical (unpaired) electrons. The first-order valence-electron chi connectivity index (χ1n) is 7.20. The third-order valence-corrected chi connectivity index (χ3v) is 4.32. The average Bonchev–Trinajstić information content (AvgIpc) is 3.06. The summed E-state index contributed by atoms with van der Waals surface area (Å²) in [7, 11) is 0. The van der Waals surface area contributed by atoms with Crippen molar-refractivity contribution in [2.45, 2.75) is 39.7 Å². The molecule has 3 rings (SSSR count). The van der Waals surface area contributed by atoms with Crippen molar-refractivity contribution in [1.29, 1.82) is 0 Å². The van der Waals surface area contributed by atoms with Crippen LogP contribution in [0.1, 0.15) is 41.1 Å². The normalized spacial score (nSPS) is 22.8. The topological polar surface area (TPSA) is 41.6 Å². The van der Waals surface area contributed by atoms with Gasteiger partial charge in [0.25, 0.3) is 0 Å². The monoisotopic (exact) mass is 257 g/mol. The molecule has 1 aromatic rings. The van der Waals surface area contributed by atoms with Gasteiger partial charge in [-0.1, -0.05) is 17.7 Å². The zero-order valence-corrected chi connectivity index (χ0v) is 12.1. The van der Waals surface area contributed by atoms with Crippen LogP contribution in [0, 0.1) is 26.7 Å².